The third kappa shape index (κ3) is 5.29. The van der Waals surface area contributed by atoms with E-state index in [0.717, 1.165) is 25.3 Å². The summed E-state index contributed by atoms with van der Waals surface area (Å²) in [6.07, 6.45) is -0.00628. The zero-order chi connectivity index (χ0) is 24.5. The topological polar surface area (TPSA) is 59.0 Å². The fraction of sp³-hybridized carbons (Fsp3) is 0.417. The van der Waals surface area contributed by atoms with E-state index in [4.69, 9.17) is 11.6 Å². The zero-order valence-electron chi connectivity index (χ0n) is 18.6. The number of hydrogen-bond acceptors (Lipinski definition) is 3. The van der Waals surface area contributed by atoms with Crippen molar-refractivity contribution >= 4 is 34.1 Å². The van der Waals surface area contributed by atoms with Crippen LogP contribution in [0.15, 0.2) is 36.5 Å². The number of carbonyl (C=O) groups excluding carboxylic acids is 1. The van der Waals surface area contributed by atoms with E-state index in [0.29, 0.717) is 33.8 Å². The Kier molecular flexibility index (Phi) is 7.02. The average Bonchev–Trinajstić information content (AvgIpc) is 3.14. The highest BCUT2D eigenvalue weighted by Gasteiger charge is 2.34. The van der Waals surface area contributed by atoms with Gasteiger partial charge in [-0.15, -0.1) is 0 Å². The predicted octanol–water partition coefficient (Wildman–Crippen LogP) is 6.14. The molecule has 0 spiro atoms. The van der Waals surface area contributed by atoms with Crippen molar-refractivity contribution in [1.29, 1.82) is 0 Å². The minimum atomic E-state index is -4.58. The van der Waals surface area contributed by atoms with Crippen LogP contribution < -0.4 is 10.6 Å². The Hall–Kier alpha value is -2.81. The van der Waals surface area contributed by atoms with Crippen LogP contribution in [-0.4, -0.2) is 34.2 Å². The minimum absolute atomic E-state index is 0.137. The Morgan fingerprint density at radius 2 is 1.97 bits per heavy atom. The SMILES string of the molecule is Cc1c(C(=O)N[C@@H]2CCC[C@H](Nc3cc(C(F)(F)F)nc4ccc(Cl)cc34)C2)ccn1CCF. The number of aromatic nitrogens is 2. The molecule has 1 aliphatic rings. The maximum absolute atomic E-state index is 13.4. The van der Waals surface area contributed by atoms with E-state index in [2.05, 4.69) is 15.6 Å². The molecule has 34 heavy (non-hydrogen) atoms. The second kappa shape index (κ2) is 9.82. The number of amides is 1. The lowest BCUT2D eigenvalue weighted by Crippen LogP contribution is -2.42. The molecule has 0 aliphatic heterocycles. The van der Waals surface area contributed by atoms with Gasteiger partial charge < -0.3 is 15.2 Å². The molecule has 2 N–H and O–H groups in total. The highest BCUT2D eigenvalue weighted by atomic mass is 35.5. The molecule has 1 amide bonds. The van der Waals surface area contributed by atoms with Crippen LogP contribution in [0.25, 0.3) is 10.9 Å². The number of aryl methyl sites for hydroxylation is 1. The molecule has 1 saturated carbocycles. The van der Waals surface area contributed by atoms with Crippen molar-refractivity contribution in [2.24, 2.45) is 0 Å². The third-order valence-corrected chi connectivity index (χ3v) is 6.48. The van der Waals surface area contributed by atoms with Crippen LogP contribution in [0.4, 0.5) is 23.2 Å². The van der Waals surface area contributed by atoms with Crippen LogP contribution in [0.3, 0.4) is 0 Å². The molecule has 0 bridgehead atoms. The third-order valence-electron chi connectivity index (χ3n) is 6.24. The second-order valence-corrected chi connectivity index (χ2v) is 9.03. The highest BCUT2D eigenvalue weighted by molar-refractivity contribution is 6.31. The number of alkyl halides is 4. The number of pyridine rings is 1. The van der Waals surface area contributed by atoms with Crippen molar-refractivity contribution in [2.75, 3.05) is 12.0 Å². The molecule has 10 heteroatoms. The maximum atomic E-state index is 13.4. The molecule has 2 atom stereocenters. The van der Waals surface area contributed by atoms with Crippen molar-refractivity contribution in [3.05, 3.63) is 58.5 Å². The summed E-state index contributed by atoms with van der Waals surface area (Å²) in [6.45, 7) is 1.45. The summed E-state index contributed by atoms with van der Waals surface area (Å²) in [5, 5.41) is 7.19. The van der Waals surface area contributed by atoms with Gasteiger partial charge in [0.1, 0.15) is 12.4 Å². The summed E-state index contributed by atoms with van der Waals surface area (Å²) in [6, 6.07) is 6.99. The molecular formula is C24H25ClF4N4O. The Morgan fingerprint density at radius 1 is 1.21 bits per heavy atom. The monoisotopic (exact) mass is 496 g/mol. The van der Waals surface area contributed by atoms with E-state index in [1.165, 1.54) is 12.1 Å². The first-order valence-corrected chi connectivity index (χ1v) is 11.5. The standard InChI is InChI=1S/C24H25ClF4N4O/c1-14-18(7-9-33(14)10-8-26)23(34)31-17-4-2-3-16(12-17)30-21-13-22(24(27,28)29)32-20-6-5-15(25)11-19(20)21/h5-7,9,11,13,16-17H,2-4,8,10,12H2,1H3,(H,30,32)(H,31,34)/t16-,17+/m0/s1. The normalized spacial score (nSPS) is 18.8. The van der Waals surface area contributed by atoms with Gasteiger partial charge in [0.05, 0.1) is 17.6 Å². The number of benzene rings is 1. The van der Waals surface area contributed by atoms with Gasteiger partial charge in [-0.25, -0.2) is 9.37 Å². The molecule has 5 nitrogen and oxygen atoms in total. The number of fused-ring (bicyclic) bond motifs is 1. The molecule has 3 aromatic rings. The summed E-state index contributed by atoms with van der Waals surface area (Å²) >= 11 is 6.09. The van der Waals surface area contributed by atoms with E-state index < -0.39 is 18.5 Å². The Balaban J connectivity index is 1.51. The largest absolute Gasteiger partial charge is 0.433 e. The second-order valence-electron chi connectivity index (χ2n) is 8.59. The molecule has 0 saturated heterocycles. The average molecular weight is 497 g/mol. The molecule has 1 aromatic carbocycles. The van der Waals surface area contributed by atoms with E-state index >= 15 is 0 Å². The molecule has 2 heterocycles. The van der Waals surface area contributed by atoms with E-state index in [-0.39, 0.29) is 30.1 Å². The zero-order valence-corrected chi connectivity index (χ0v) is 19.3. The molecule has 1 aliphatic carbocycles. The maximum Gasteiger partial charge on any atom is 0.433 e. The van der Waals surface area contributed by atoms with Gasteiger partial charge in [0, 0.05) is 40.1 Å². The summed E-state index contributed by atoms with van der Waals surface area (Å²) < 4.78 is 54.6. The van der Waals surface area contributed by atoms with Crippen molar-refractivity contribution < 1.29 is 22.4 Å². The Bertz CT molecular complexity index is 1190. The van der Waals surface area contributed by atoms with Crippen LogP contribution in [-0.2, 0) is 12.7 Å². The van der Waals surface area contributed by atoms with Gasteiger partial charge in [-0.3, -0.25) is 4.79 Å². The predicted molar refractivity (Wildman–Crippen MR) is 124 cm³/mol. The number of anilines is 1. The number of hydrogen-bond donors (Lipinski definition) is 2. The van der Waals surface area contributed by atoms with Crippen LogP contribution in [0.1, 0.15) is 47.4 Å². The quantitative estimate of drug-likeness (QED) is 0.403. The van der Waals surface area contributed by atoms with Gasteiger partial charge in [0.25, 0.3) is 5.91 Å². The van der Waals surface area contributed by atoms with Gasteiger partial charge in [0.15, 0.2) is 0 Å². The Labute approximate surface area is 199 Å². The first-order valence-electron chi connectivity index (χ1n) is 11.1. The van der Waals surface area contributed by atoms with Gasteiger partial charge in [0.2, 0.25) is 0 Å². The van der Waals surface area contributed by atoms with E-state index in [1.807, 2.05) is 0 Å². The van der Waals surface area contributed by atoms with Crippen LogP contribution in [0.5, 0.6) is 0 Å². The lowest BCUT2D eigenvalue weighted by atomic mass is 9.90. The highest BCUT2D eigenvalue weighted by Crippen LogP contribution is 2.35. The number of carbonyl (C=O) groups is 1. The molecular weight excluding hydrogens is 472 g/mol. The number of halogens is 5. The van der Waals surface area contributed by atoms with Gasteiger partial charge in [-0.2, -0.15) is 13.2 Å². The van der Waals surface area contributed by atoms with Crippen LogP contribution >= 0.6 is 11.6 Å². The van der Waals surface area contributed by atoms with E-state index in [9.17, 15) is 22.4 Å². The Morgan fingerprint density at radius 3 is 2.71 bits per heavy atom. The van der Waals surface area contributed by atoms with Gasteiger partial charge in [-0.05, 0) is 62.9 Å². The van der Waals surface area contributed by atoms with Crippen molar-refractivity contribution in [1.82, 2.24) is 14.9 Å². The summed E-state index contributed by atoms with van der Waals surface area (Å²) in [5.41, 5.74) is 0.735. The minimum Gasteiger partial charge on any atom is -0.382 e. The first kappa shape index (κ1) is 24.3. The molecule has 1 fully saturated rings. The molecule has 2 aromatic heterocycles. The van der Waals surface area contributed by atoms with Crippen molar-refractivity contribution in [2.45, 2.75) is 57.4 Å². The summed E-state index contributed by atoms with van der Waals surface area (Å²) in [5.74, 6) is -0.235. The number of rotatable bonds is 6. The van der Waals surface area contributed by atoms with Gasteiger partial charge in [-0.1, -0.05) is 11.6 Å². The van der Waals surface area contributed by atoms with Crippen LogP contribution in [0.2, 0.25) is 5.02 Å². The summed E-state index contributed by atoms with van der Waals surface area (Å²) in [7, 11) is 0. The van der Waals surface area contributed by atoms with Crippen molar-refractivity contribution in [3.8, 4) is 0 Å². The lowest BCUT2D eigenvalue weighted by Gasteiger charge is -2.31. The van der Waals surface area contributed by atoms with E-state index in [1.54, 1.807) is 29.8 Å². The molecule has 4 rings (SSSR count). The fourth-order valence-electron chi connectivity index (χ4n) is 4.52. The first-order chi connectivity index (χ1) is 16.2. The van der Waals surface area contributed by atoms with Crippen LogP contribution in [0, 0.1) is 6.92 Å². The number of nitrogens with zero attached hydrogens (tertiary/aromatic N) is 2. The van der Waals surface area contributed by atoms with Crippen molar-refractivity contribution in [3.63, 3.8) is 0 Å². The smallest absolute Gasteiger partial charge is 0.382 e. The molecule has 182 valence electrons. The fourth-order valence-corrected chi connectivity index (χ4v) is 4.69. The number of nitrogens with one attached hydrogen (secondary N) is 2. The molecule has 0 radical (unpaired) electrons. The van der Waals surface area contributed by atoms with Gasteiger partial charge >= 0.3 is 6.18 Å². The molecule has 0 unspecified atom stereocenters. The summed E-state index contributed by atoms with van der Waals surface area (Å²) in [4.78, 5) is 16.5. The lowest BCUT2D eigenvalue weighted by molar-refractivity contribution is -0.140.